The Balaban J connectivity index is 2.61. The highest BCUT2D eigenvalue weighted by molar-refractivity contribution is 7.98. The number of nitrogens with two attached hydrogens (primary N) is 1. The van der Waals surface area contributed by atoms with Crippen LogP contribution in [0.3, 0.4) is 0 Å². The van der Waals surface area contributed by atoms with Gasteiger partial charge in [-0.3, -0.25) is 4.79 Å². The van der Waals surface area contributed by atoms with Crippen molar-refractivity contribution in [2.45, 2.75) is 31.6 Å². The molecule has 0 bridgehead atoms. The summed E-state index contributed by atoms with van der Waals surface area (Å²) in [6.45, 7) is 3.98. The Labute approximate surface area is 106 Å². The van der Waals surface area contributed by atoms with Gasteiger partial charge in [0, 0.05) is 17.0 Å². The van der Waals surface area contributed by atoms with Crippen molar-refractivity contribution in [1.82, 2.24) is 0 Å². The first-order valence-corrected chi connectivity index (χ1v) is 6.69. The van der Waals surface area contributed by atoms with Crippen LogP contribution in [-0.2, 0) is 17.0 Å². The van der Waals surface area contributed by atoms with Crippen molar-refractivity contribution in [2.75, 3.05) is 5.75 Å². The quantitative estimate of drug-likeness (QED) is 0.816. The van der Waals surface area contributed by atoms with Crippen LogP contribution in [0.5, 0.6) is 0 Å². The van der Waals surface area contributed by atoms with Gasteiger partial charge in [-0.25, -0.2) is 0 Å². The van der Waals surface area contributed by atoms with Gasteiger partial charge in [0.15, 0.2) is 0 Å². The average molecular weight is 253 g/mol. The van der Waals surface area contributed by atoms with E-state index < -0.39 is 5.97 Å². The number of aliphatic carboxylic acids is 1. The fourth-order valence-electron chi connectivity index (χ4n) is 1.46. The van der Waals surface area contributed by atoms with Gasteiger partial charge in [-0.15, -0.1) is 0 Å². The topological polar surface area (TPSA) is 63.3 Å². The molecule has 4 heteroatoms. The van der Waals surface area contributed by atoms with Gasteiger partial charge in [0.2, 0.25) is 0 Å². The zero-order valence-electron chi connectivity index (χ0n) is 10.3. The van der Waals surface area contributed by atoms with E-state index in [0.717, 1.165) is 22.6 Å². The molecule has 0 aromatic heterocycles. The van der Waals surface area contributed by atoms with Crippen LogP contribution in [0, 0.1) is 0 Å². The summed E-state index contributed by atoms with van der Waals surface area (Å²) in [6.07, 6.45) is 0.0861. The minimum absolute atomic E-state index is 0.0861. The maximum Gasteiger partial charge on any atom is 0.307 e. The first kappa shape index (κ1) is 14.1. The van der Waals surface area contributed by atoms with Gasteiger partial charge in [-0.2, -0.15) is 11.8 Å². The standard InChI is InChI=1S/C13H19NO2S/c1-13(2,14)9-17-8-11-6-4-3-5-10(11)7-12(15)16/h3-6H,7-9,14H2,1-2H3,(H,15,16). The van der Waals surface area contributed by atoms with E-state index >= 15 is 0 Å². The molecule has 94 valence electrons. The number of hydrogen-bond donors (Lipinski definition) is 2. The van der Waals surface area contributed by atoms with Crippen LogP contribution in [0.4, 0.5) is 0 Å². The number of carbonyl (C=O) groups is 1. The number of hydrogen-bond acceptors (Lipinski definition) is 3. The Morgan fingerprint density at radius 2 is 1.94 bits per heavy atom. The van der Waals surface area contributed by atoms with Gasteiger partial charge < -0.3 is 10.8 Å². The minimum atomic E-state index is -0.790. The predicted octanol–water partition coefficient (Wildman–Crippen LogP) is 2.28. The third-order valence-corrected chi connectivity index (χ3v) is 3.65. The number of carboxylic acid groups (broad SMARTS) is 1. The van der Waals surface area contributed by atoms with Crippen molar-refractivity contribution in [1.29, 1.82) is 0 Å². The van der Waals surface area contributed by atoms with Crippen molar-refractivity contribution < 1.29 is 9.90 Å². The molecule has 0 aliphatic rings. The predicted molar refractivity (Wildman–Crippen MR) is 72.2 cm³/mol. The van der Waals surface area contributed by atoms with E-state index in [2.05, 4.69) is 0 Å². The summed E-state index contributed by atoms with van der Waals surface area (Å²) in [5, 5.41) is 8.82. The molecule has 1 rings (SSSR count). The van der Waals surface area contributed by atoms with Crippen LogP contribution < -0.4 is 5.73 Å². The van der Waals surface area contributed by atoms with Gasteiger partial charge in [0.1, 0.15) is 0 Å². The molecule has 0 fully saturated rings. The maximum atomic E-state index is 10.7. The monoisotopic (exact) mass is 253 g/mol. The SMILES string of the molecule is CC(C)(N)CSCc1ccccc1CC(=O)O. The van der Waals surface area contributed by atoms with Crippen LogP contribution in [0.2, 0.25) is 0 Å². The summed E-state index contributed by atoms with van der Waals surface area (Å²) in [7, 11) is 0. The van der Waals surface area contributed by atoms with Gasteiger partial charge in [-0.05, 0) is 25.0 Å². The fraction of sp³-hybridized carbons (Fsp3) is 0.462. The van der Waals surface area contributed by atoms with E-state index in [1.165, 1.54) is 0 Å². The van der Waals surface area contributed by atoms with E-state index in [9.17, 15) is 4.79 Å². The first-order valence-electron chi connectivity index (χ1n) is 5.54. The molecule has 3 nitrogen and oxygen atoms in total. The van der Waals surface area contributed by atoms with E-state index in [1.54, 1.807) is 11.8 Å². The number of carboxylic acids is 1. The highest BCUT2D eigenvalue weighted by Gasteiger charge is 2.11. The van der Waals surface area contributed by atoms with E-state index in [-0.39, 0.29) is 12.0 Å². The third-order valence-electron chi connectivity index (χ3n) is 2.19. The number of rotatable bonds is 6. The van der Waals surface area contributed by atoms with Crippen molar-refractivity contribution in [3.05, 3.63) is 35.4 Å². The largest absolute Gasteiger partial charge is 0.481 e. The lowest BCUT2D eigenvalue weighted by atomic mass is 10.1. The van der Waals surface area contributed by atoms with Crippen LogP contribution in [-0.4, -0.2) is 22.4 Å². The summed E-state index contributed by atoms with van der Waals surface area (Å²) in [6, 6.07) is 7.67. The Bertz CT molecular complexity index is 385. The van der Waals surface area contributed by atoms with Crippen LogP contribution >= 0.6 is 11.8 Å². The van der Waals surface area contributed by atoms with E-state index in [4.69, 9.17) is 10.8 Å². The Morgan fingerprint density at radius 1 is 1.35 bits per heavy atom. The lowest BCUT2D eigenvalue weighted by Crippen LogP contribution is -2.34. The molecule has 0 amide bonds. The molecule has 0 spiro atoms. The summed E-state index contributed by atoms with van der Waals surface area (Å²) >= 11 is 1.74. The fourth-order valence-corrected chi connectivity index (χ4v) is 2.59. The summed E-state index contributed by atoms with van der Waals surface area (Å²) in [5.41, 5.74) is 7.69. The molecule has 0 aliphatic heterocycles. The van der Waals surface area contributed by atoms with Crippen LogP contribution in [0.15, 0.2) is 24.3 Å². The first-order chi connectivity index (χ1) is 7.88. The van der Waals surface area contributed by atoms with Crippen LogP contribution in [0.1, 0.15) is 25.0 Å². The van der Waals surface area contributed by atoms with E-state index in [1.807, 2.05) is 38.1 Å². The Kier molecular flexibility index (Phi) is 5.02. The molecule has 3 N–H and O–H groups in total. The Morgan fingerprint density at radius 3 is 2.47 bits per heavy atom. The molecular weight excluding hydrogens is 234 g/mol. The third kappa shape index (κ3) is 5.75. The molecule has 0 heterocycles. The molecule has 0 atom stereocenters. The van der Waals surface area contributed by atoms with Crippen molar-refractivity contribution >= 4 is 17.7 Å². The summed E-state index contributed by atoms with van der Waals surface area (Å²) in [4.78, 5) is 10.7. The van der Waals surface area contributed by atoms with Crippen LogP contribution in [0.25, 0.3) is 0 Å². The molecule has 17 heavy (non-hydrogen) atoms. The highest BCUT2D eigenvalue weighted by atomic mass is 32.2. The second-order valence-electron chi connectivity index (χ2n) is 4.82. The van der Waals surface area contributed by atoms with Crippen molar-refractivity contribution in [2.24, 2.45) is 5.73 Å². The summed E-state index contributed by atoms with van der Waals surface area (Å²) < 4.78 is 0. The second kappa shape index (κ2) is 6.07. The lowest BCUT2D eigenvalue weighted by Gasteiger charge is -2.18. The molecule has 1 aromatic carbocycles. The average Bonchev–Trinajstić information content (AvgIpc) is 2.18. The zero-order valence-corrected chi connectivity index (χ0v) is 11.1. The molecule has 0 unspecified atom stereocenters. The number of thioether (sulfide) groups is 1. The smallest absolute Gasteiger partial charge is 0.307 e. The molecular formula is C13H19NO2S. The normalized spacial score (nSPS) is 11.5. The van der Waals surface area contributed by atoms with Crippen molar-refractivity contribution in [3.63, 3.8) is 0 Å². The molecule has 0 radical (unpaired) electrons. The number of benzene rings is 1. The van der Waals surface area contributed by atoms with Gasteiger partial charge in [0.05, 0.1) is 6.42 Å². The Hall–Kier alpha value is -1.00. The molecule has 0 saturated heterocycles. The minimum Gasteiger partial charge on any atom is -0.481 e. The molecule has 0 aliphatic carbocycles. The second-order valence-corrected chi connectivity index (χ2v) is 5.81. The maximum absolute atomic E-state index is 10.7. The van der Waals surface area contributed by atoms with Gasteiger partial charge in [0.25, 0.3) is 0 Å². The molecule has 0 saturated carbocycles. The van der Waals surface area contributed by atoms with Crippen molar-refractivity contribution in [3.8, 4) is 0 Å². The highest BCUT2D eigenvalue weighted by Crippen LogP contribution is 2.19. The zero-order chi connectivity index (χ0) is 12.9. The van der Waals surface area contributed by atoms with E-state index in [0.29, 0.717) is 0 Å². The molecule has 1 aromatic rings. The van der Waals surface area contributed by atoms with Gasteiger partial charge >= 0.3 is 5.97 Å². The van der Waals surface area contributed by atoms with Gasteiger partial charge in [-0.1, -0.05) is 24.3 Å². The lowest BCUT2D eigenvalue weighted by molar-refractivity contribution is -0.136. The summed E-state index contributed by atoms with van der Waals surface area (Å²) in [5.74, 6) is 0.875.